The van der Waals surface area contributed by atoms with E-state index in [2.05, 4.69) is 4.98 Å². The molecular formula is C26H39N3O6S. The SMILES string of the molecule is COCCn1c(CN(C[C@H]2CCCO2)C(=O)CC(C)(C)C)cnc1S(=O)(=O)Cc1cccc(OC)c1. The van der Waals surface area contributed by atoms with E-state index >= 15 is 0 Å². The van der Waals surface area contributed by atoms with Crippen LogP contribution in [0, 0.1) is 5.41 Å². The van der Waals surface area contributed by atoms with Crippen molar-refractivity contribution in [2.75, 3.05) is 34.0 Å². The van der Waals surface area contributed by atoms with Crippen LogP contribution in [-0.2, 0) is 42.9 Å². The van der Waals surface area contributed by atoms with Crippen molar-refractivity contribution in [2.45, 2.75) is 70.1 Å². The number of hydrogen-bond acceptors (Lipinski definition) is 7. The average Bonchev–Trinajstić information content (AvgIpc) is 3.46. The molecule has 2 aromatic rings. The van der Waals surface area contributed by atoms with Crippen molar-refractivity contribution in [1.82, 2.24) is 14.5 Å². The number of hydrogen-bond donors (Lipinski definition) is 0. The number of carbonyl (C=O) groups is 1. The average molecular weight is 522 g/mol. The van der Waals surface area contributed by atoms with Gasteiger partial charge in [-0.05, 0) is 36.0 Å². The van der Waals surface area contributed by atoms with Crippen molar-refractivity contribution in [2.24, 2.45) is 5.41 Å². The van der Waals surface area contributed by atoms with Gasteiger partial charge in [0.25, 0.3) is 0 Å². The Bertz CT molecular complexity index is 1120. The minimum atomic E-state index is -3.77. The Balaban J connectivity index is 1.90. The number of nitrogens with zero attached hydrogens (tertiary/aromatic N) is 3. The van der Waals surface area contributed by atoms with Gasteiger partial charge in [-0.1, -0.05) is 32.9 Å². The van der Waals surface area contributed by atoms with Crippen molar-refractivity contribution < 1.29 is 27.4 Å². The van der Waals surface area contributed by atoms with E-state index in [1.165, 1.54) is 0 Å². The van der Waals surface area contributed by atoms with Gasteiger partial charge in [-0.25, -0.2) is 13.4 Å². The van der Waals surface area contributed by atoms with E-state index in [0.29, 0.717) is 49.7 Å². The molecule has 200 valence electrons. The van der Waals surface area contributed by atoms with E-state index in [4.69, 9.17) is 14.2 Å². The summed E-state index contributed by atoms with van der Waals surface area (Å²) in [5.41, 5.74) is 1.09. The molecule has 9 nitrogen and oxygen atoms in total. The highest BCUT2D eigenvalue weighted by molar-refractivity contribution is 7.90. The predicted octanol–water partition coefficient (Wildman–Crippen LogP) is 3.46. The van der Waals surface area contributed by atoms with Crippen LogP contribution in [0.15, 0.2) is 35.6 Å². The summed E-state index contributed by atoms with van der Waals surface area (Å²) in [5.74, 6) is 0.391. The first kappa shape index (κ1) is 28.1. The van der Waals surface area contributed by atoms with Crippen LogP contribution in [0.3, 0.4) is 0 Å². The normalized spacial score (nSPS) is 16.3. The first-order valence-electron chi connectivity index (χ1n) is 12.3. The molecular weight excluding hydrogens is 482 g/mol. The van der Waals surface area contributed by atoms with Crippen LogP contribution >= 0.6 is 0 Å². The molecule has 0 spiro atoms. The molecule has 3 rings (SSSR count). The summed E-state index contributed by atoms with van der Waals surface area (Å²) in [4.78, 5) is 19.4. The number of imidazole rings is 1. The fraction of sp³-hybridized carbons (Fsp3) is 0.615. The van der Waals surface area contributed by atoms with Gasteiger partial charge < -0.3 is 23.7 Å². The highest BCUT2D eigenvalue weighted by Crippen LogP contribution is 2.25. The first-order valence-corrected chi connectivity index (χ1v) is 14.0. The summed E-state index contributed by atoms with van der Waals surface area (Å²) in [7, 11) is -0.664. The van der Waals surface area contributed by atoms with Crippen LogP contribution in [0.4, 0.5) is 0 Å². The van der Waals surface area contributed by atoms with E-state index in [1.807, 2.05) is 20.8 Å². The lowest BCUT2D eigenvalue weighted by molar-refractivity contribution is -0.135. The lowest BCUT2D eigenvalue weighted by atomic mass is 9.91. The third kappa shape index (κ3) is 7.78. The number of methoxy groups -OCH3 is 2. The first-order chi connectivity index (χ1) is 17.0. The van der Waals surface area contributed by atoms with Gasteiger partial charge in [0.05, 0.1) is 44.0 Å². The molecule has 1 fully saturated rings. The summed E-state index contributed by atoms with van der Waals surface area (Å²) < 4.78 is 44.8. The summed E-state index contributed by atoms with van der Waals surface area (Å²) in [5, 5.41) is -0.0299. The Morgan fingerprint density at radius 2 is 2.06 bits per heavy atom. The summed E-state index contributed by atoms with van der Waals surface area (Å²) in [6.07, 6.45) is 3.81. The molecule has 0 unspecified atom stereocenters. The van der Waals surface area contributed by atoms with Gasteiger partial charge in [0.15, 0.2) is 0 Å². The van der Waals surface area contributed by atoms with Crippen LogP contribution < -0.4 is 4.74 Å². The van der Waals surface area contributed by atoms with Crippen LogP contribution in [0.2, 0.25) is 0 Å². The topological polar surface area (TPSA) is 100.0 Å². The van der Waals surface area contributed by atoms with Crippen molar-refractivity contribution in [1.29, 1.82) is 0 Å². The molecule has 1 aliphatic heterocycles. The van der Waals surface area contributed by atoms with Crippen LogP contribution in [0.1, 0.15) is 51.3 Å². The lowest BCUT2D eigenvalue weighted by Crippen LogP contribution is -2.39. The second kappa shape index (κ2) is 12.2. The Labute approximate surface area is 214 Å². The molecule has 0 aliphatic carbocycles. The Morgan fingerprint density at radius 1 is 1.28 bits per heavy atom. The van der Waals surface area contributed by atoms with Gasteiger partial charge in [0.2, 0.25) is 20.9 Å². The quantitative estimate of drug-likeness (QED) is 0.422. The number of benzene rings is 1. The molecule has 0 radical (unpaired) electrons. The van der Waals surface area contributed by atoms with E-state index < -0.39 is 9.84 Å². The zero-order valence-electron chi connectivity index (χ0n) is 22.0. The Hall–Kier alpha value is -2.43. The minimum absolute atomic E-state index is 0.0123. The van der Waals surface area contributed by atoms with Crippen molar-refractivity contribution in [3.8, 4) is 5.75 Å². The highest BCUT2D eigenvalue weighted by Gasteiger charge is 2.29. The molecule has 1 aromatic heterocycles. The number of aromatic nitrogens is 2. The number of sulfone groups is 1. The molecule has 0 saturated carbocycles. The van der Waals surface area contributed by atoms with Gasteiger partial charge in [0.1, 0.15) is 5.75 Å². The third-order valence-corrected chi connectivity index (χ3v) is 7.62. The minimum Gasteiger partial charge on any atom is -0.497 e. The van der Waals surface area contributed by atoms with Gasteiger partial charge in [-0.15, -0.1) is 0 Å². The fourth-order valence-corrected chi connectivity index (χ4v) is 5.79. The van der Waals surface area contributed by atoms with Crippen molar-refractivity contribution in [3.05, 3.63) is 41.7 Å². The second-order valence-corrected chi connectivity index (χ2v) is 12.3. The maximum Gasteiger partial charge on any atom is 0.228 e. The predicted molar refractivity (Wildman–Crippen MR) is 136 cm³/mol. The zero-order valence-corrected chi connectivity index (χ0v) is 22.8. The maximum absolute atomic E-state index is 13.4. The fourth-order valence-electron chi connectivity index (χ4n) is 4.28. The summed E-state index contributed by atoms with van der Waals surface area (Å²) in [6.45, 7) is 8.12. The molecule has 1 aromatic carbocycles. The summed E-state index contributed by atoms with van der Waals surface area (Å²) >= 11 is 0. The summed E-state index contributed by atoms with van der Waals surface area (Å²) in [6, 6.07) is 6.98. The van der Waals surface area contributed by atoms with E-state index in [1.54, 1.807) is 54.1 Å². The van der Waals surface area contributed by atoms with E-state index in [0.717, 1.165) is 12.8 Å². The van der Waals surface area contributed by atoms with Gasteiger partial charge in [-0.3, -0.25) is 4.79 Å². The molecule has 36 heavy (non-hydrogen) atoms. The second-order valence-electron chi connectivity index (χ2n) is 10.4. The maximum atomic E-state index is 13.4. The molecule has 1 aliphatic rings. The van der Waals surface area contributed by atoms with Crippen LogP contribution in [-0.4, -0.2) is 68.9 Å². The van der Waals surface area contributed by atoms with Crippen molar-refractivity contribution in [3.63, 3.8) is 0 Å². The number of rotatable bonds is 12. The largest absolute Gasteiger partial charge is 0.497 e. The molecule has 0 N–H and O–H groups in total. The van der Waals surface area contributed by atoms with Gasteiger partial charge >= 0.3 is 0 Å². The van der Waals surface area contributed by atoms with E-state index in [9.17, 15) is 13.2 Å². The van der Waals surface area contributed by atoms with Crippen LogP contribution in [0.25, 0.3) is 0 Å². The molecule has 1 atom stereocenters. The van der Waals surface area contributed by atoms with Gasteiger partial charge in [0, 0.05) is 33.2 Å². The molecule has 1 amide bonds. The molecule has 2 heterocycles. The Kier molecular flexibility index (Phi) is 9.54. The molecule has 0 bridgehead atoms. The third-order valence-electron chi connectivity index (χ3n) is 6.02. The monoisotopic (exact) mass is 521 g/mol. The molecule has 10 heteroatoms. The number of carbonyl (C=O) groups excluding carboxylic acids is 1. The lowest BCUT2D eigenvalue weighted by Gasteiger charge is -2.29. The Morgan fingerprint density at radius 3 is 2.69 bits per heavy atom. The number of ether oxygens (including phenoxy) is 3. The van der Waals surface area contributed by atoms with Crippen LogP contribution in [0.5, 0.6) is 5.75 Å². The zero-order chi connectivity index (χ0) is 26.3. The van der Waals surface area contributed by atoms with Gasteiger partial charge in [-0.2, -0.15) is 0 Å². The smallest absolute Gasteiger partial charge is 0.228 e. The highest BCUT2D eigenvalue weighted by atomic mass is 32.2. The standard InChI is InChI=1S/C26H39N3O6S/c1-26(2,3)15-24(30)28(18-23-10-7-12-35-23)17-21-16-27-25(29(21)11-13-33-4)36(31,32)19-20-8-6-9-22(14-20)34-5/h6,8-9,14,16,23H,7,10-13,15,17-19H2,1-5H3/t23-/m1/s1. The van der Waals surface area contributed by atoms with E-state index in [-0.39, 0.29) is 34.9 Å². The number of amides is 1. The molecule has 1 saturated heterocycles. The van der Waals surface area contributed by atoms with Crippen molar-refractivity contribution >= 4 is 15.7 Å².